The first-order chi connectivity index (χ1) is 10.8. The largest absolute Gasteiger partial charge is 0.444 e. The van der Waals surface area contributed by atoms with E-state index in [1.807, 2.05) is 26.8 Å². The third-order valence-electron chi connectivity index (χ3n) is 3.72. The minimum absolute atomic E-state index is 0.0605. The molecule has 0 bridgehead atoms. The van der Waals surface area contributed by atoms with E-state index in [4.69, 9.17) is 4.74 Å². The smallest absolute Gasteiger partial charge is 0.410 e. The summed E-state index contributed by atoms with van der Waals surface area (Å²) in [6, 6.07) is 4.99. The van der Waals surface area contributed by atoms with Crippen LogP contribution in [0.15, 0.2) is 22.7 Å². The number of amides is 1. The number of piperidine rings is 1. The number of likely N-dealkylation sites (tertiary alicyclic amines) is 1. The Bertz CT molecular complexity index is 560. The van der Waals surface area contributed by atoms with Gasteiger partial charge >= 0.3 is 6.09 Å². The molecule has 0 saturated carbocycles. The van der Waals surface area contributed by atoms with Crippen LogP contribution in [0.1, 0.15) is 40.0 Å². The van der Waals surface area contributed by atoms with Gasteiger partial charge in [0, 0.05) is 18.8 Å². The molecule has 1 unspecified atom stereocenters. The number of carbonyl (C=O) groups excluding carboxylic acids is 1. The first-order valence-corrected chi connectivity index (χ1v) is 8.74. The molecule has 1 N–H and O–H groups in total. The van der Waals surface area contributed by atoms with Gasteiger partial charge in [-0.1, -0.05) is 0 Å². The van der Waals surface area contributed by atoms with E-state index in [1.54, 1.807) is 11.0 Å². The van der Waals surface area contributed by atoms with Crippen LogP contribution in [0.5, 0.6) is 0 Å². The second kappa shape index (κ2) is 7.51. The summed E-state index contributed by atoms with van der Waals surface area (Å²) in [5.41, 5.74) is 0.210. The van der Waals surface area contributed by atoms with E-state index < -0.39 is 5.60 Å². The van der Waals surface area contributed by atoms with Gasteiger partial charge in [0.25, 0.3) is 0 Å². The number of hydrogen-bond donors (Lipinski definition) is 1. The van der Waals surface area contributed by atoms with Crippen LogP contribution >= 0.6 is 15.9 Å². The van der Waals surface area contributed by atoms with Crippen molar-refractivity contribution in [2.45, 2.75) is 51.7 Å². The molecule has 0 spiro atoms. The van der Waals surface area contributed by atoms with Gasteiger partial charge in [-0.2, -0.15) is 0 Å². The highest BCUT2D eigenvalue weighted by atomic mass is 79.9. The van der Waals surface area contributed by atoms with E-state index >= 15 is 0 Å². The fourth-order valence-electron chi connectivity index (χ4n) is 2.62. The normalized spacial score (nSPS) is 18.7. The number of hydrogen-bond acceptors (Lipinski definition) is 3. The molecule has 1 saturated heterocycles. The van der Waals surface area contributed by atoms with Crippen LogP contribution in [0.25, 0.3) is 0 Å². The van der Waals surface area contributed by atoms with Gasteiger partial charge in [-0.15, -0.1) is 0 Å². The molecule has 1 amide bonds. The van der Waals surface area contributed by atoms with Crippen LogP contribution in [0, 0.1) is 5.82 Å². The zero-order chi connectivity index (χ0) is 17.0. The Morgan fingerprint density at radius 1 is 1.43 bits per heavy atom. The summed E-state index contributed by atoms with van der Waals surface area (Å²) in [6.45, 7) is 6.89. The minimum atomic E-state index is -0.499. The first kappa shape index (κ1) is 18.0. The predicted octanol–water partition coefficient (Wildman–Crippen LogP) is 4.79. The van der Waals surface area contributed by atoms with Gasteiger partial charge in [0.15, 0.2) is 0 Å². The number of rotatable bonds is 3. The van der Waals surface area contributed by atoms with Crippen molar-refractivity contribution >= 4 is 27.7 Å². The molecule has 1 fully saturated rings. The lowest BCUT2D eigenvalue weighted by molar-refractivity contribution is 0.0114. The molecule has 0 radical (unpaired) electrons. The number of nitrogens with one attached hydrogen (secondary N) is 1. The van der Waals surface area contributed by atoms with Crippen molar-refractivity contribution in [2.75, 3.05) is 18.4 Å². The number of carbonyl (C=O) groups is 1. The lowest BCUT2D eigenvalue weighted by Gasteiger charge is -2.37. The number of nitrogens with zero attached hydrogens (tertiary/aromatic N) is 1. The molecular formula is C17H24BrFN2O2. The maximum absolute atomic E-state index is 13.6. The molecule has 1 aromatic carbocycles. The van der Waals surface area contributed by atoms with Crippen LogP contribution in [0.3, 0.4) is 0 Å². The maximum Gasteiger partial charge on any atom is 0.410 e. The Morgan fingerprint density at radius 2 is 2.17 bits per heavy atom. The molecular weight excluding hydrogens is 363 g/mol. The minimum Gasteiger partial charge on any atom is -0.444 e. The van der Waals surface area contributed by atoms with Crippen LogP contribution in [0.2, 0.25) is 0 Å². The molecule has 1 aliphatic heterocycles. The number of ether oxygens (including phenoxy) is 1. The van der Waals surface area contributed by atoms with E-state index in [0.717, 1.165) is 19.3 Å². The van der Waals surface area contributed by atoms with Crippen molar-refractivity contribution in [3.05, 3.63) is 28.5 Å². The van der Waals surface area contributed by atoms with E-state index in [-0.39, 0.29) is 18.0 Å². The third kappa shape index (κ3) is 5.37. The van der Waals surface area contributed by atoms with Crippen molar-refractivity contribution in [3.63, 3.8) is 0 Å². The zero-order valence-electron chi connectivity index (χ0n) is 13.9. The Labute approximate surface area is 145 Å². The molecule has 0 aliphatic carbocycles. The number of benzene rings is 1. The molecule has 0 aromatic heterocycles. The Balaban J connectivity index is 1.98. The molecule has 1 aromatic rings. The standard InChI is InChI=1S/C17H24BrFN2O2/c1-17(2,3)23-16(22)21-9-5-4-6-13(21)11-20-12-7-8-14(18)15(19)10-12/h7-8,10,13,20H,4-6,9,11H2,1-3H3. The first-order valence-electron chi connectivity index (χ1n) is 7.95. The summed E-state index contributed by atoms with van der Waals surface area (Å²) in [5, 5.41) is 3.22. The highest BCUT2D eigenvalue weighted by molar-refractivity contribution is 9.10. The summed E-state index contributed by atoms with van der Waals surface area (Å²) < 4.78 is 19.5. The van der Waals surface area contributed by atoms with Gasteiger partial charge < -0.3 is 15.0 Å². The predicted molar refractivity (Wildman–Crippen MR) is 93.2 cm³/mol. The molecule has 1 heterocycles. The number of anilines is 1. The summed E-state index contributed by atoms with van der Waals surface area (Å²) in [7, 11) is 0. The summed E-state index contributed by atoms with van der Waals surface area (Å²) >= 11 is 3.14. The number of halogens is 2. The van der Waals surface area contributed by atoms with Gasteiger partial charge in [-0.25, -0.2) is 9.18 Å². The van der Waals surface area contributed by atoms with Gasteiger partial charge in [-0.05, 0) is 74.2 Å². The van der Waals surface area contributed by atoms with Crippen molar-refractivity contribution in [1.82, 2.24) is 4.90 Å². The maximum atomic E-state index is 13.6. The second-order valence-corrected chi connectivity index (χ2v) is 7.69. The zero-order valence-corrected chi connectivity index (χ0v) is 15.5. The fourth-order valence-corrected chi connectivity index (χ4v) is 2.86. The van der Waals surface area contributed by atoms with Crippen LogP contribution in [0.4, 0.5) is 14.9 Å². The lowest BCUT2D eigenvalue weighted by Crippen LogP contribution is -2.48. The van der Waals surface area contributed by atoms with Crippen molar-refractivity contribution in [3.8, 4) is 0 Å². The van der Waals surface area contributed by atoms with Crippen LogP contribution in [-0.2, 0) is 4.74 Å². The topological polar surface area (TPSA) is 41.6 Å². The Hall–Kier alpha value is -1.30. The molecule has 2 rings (SSSR count). The third-order valence-corrected chi connectivity index (χ3v) is 4.36. The monoisotopic (exact) mass is 386 g/mol. The SMILES string of the molecule is CC(C)(C)OC(=O)N1CCCCC1CNc1ccc(Br)c(F)c1. The Kier molecular flexibility index (Phi) is 5.89. The van der Waals surface area contributed by atoms with Gasteiger partial charge in [0.05, 0.1) is 10.5 Å². The van der Waals surface area contributed by atoms with Crippen molar-refractivity contribution < 1.29 is 13.9 Å². The quantitative estimate of drug-likeness (QED) is 0.811. The highest BCUT2D eigenvalue weighted by Crippen LogP contribution is 2.23. The molecule has 23 heavy (non-hydrogen) atoms. The molecule has 6 heteroatoms. The fraction of sp³-hybridized carbons (Fsp3) is 0.588. The average molecular weight is 387 g/mol. The molecule has 1 atom stereocenters. The second-order valence-electron chi connectivity index (χ2n) is 6.83. The molecule has 128 valence electrons. The van der Waals surface area contributed by atoms with E-state index in [1.165, 1.54) is 6.07 Å². The average Bonchev–Trinajstić information content (AvgIpc) is 2.47. The lowest BCUT2D eigenvalue weighted by atomic mass is 10.0. The summed E-state index contributed by atoms with van der Waals surface area (Å²) in [5.74, 6) is -0.303. The van der Waals surface area contributed by atoms with Crippen LogP contribution in [-0.4, -0.2) is 35.7 Å². The van der Waals surface area contributed by atoms with Crippen molar-refractivity contribution in [2.24, 2.45) is 0 Å². The van der Waals surface area contributed by atoms with E-state index in [0.29, 0.717) is 23.2 Å². The van der Waals surface area contributed by atoms with Crippen LogP contribution < -0.4 is 5.32 Å². The molecule has 4 nitrogen and oxygen atoms in total. The van der Waals surface area contributed by atoms with Crippen molar-refractivity contribution in [1.29, 1.82) is 0 Å². The van der Waals surface area contributed by atoms with Gasteiger partial charge in [0.2, 0.25) is 0 Å². The Morgan fingerprint density at radius 3 is 2.83 bits per heavy atom. The summed E-state index contributed by atoms with van der Waals surface area (Å²) in [4.78, 5) is 14.1. The van der Waals surface area contributed by atoms with Gasteiger partial charge in [-0.3, -0.25) is 0 Å². The van der Waals surface area contributed by atoms with E-state index in [9.17, 15) is 9.18 Å². The summed E-state index contributed by atoms with van der Waals surface area (Å²) in [6.07, 6.45) is 2.72. The van der Waals surface area contributed by atoms with E-state index in [2.05, 4.69) is 21.2 Å². The molecule has 1 aliphatic rings. The highest BCUT2D eigenvalue weighted by Gasteiger charge is 2.30. The van der Waals surface area contributed by atoms with Gasteiger partial charge in [0.1, 0.15) is 11.4 Å².